The first kappa shape index (κ1) is 12.6. The van der Waals surface area contributed by atoms with Crippen molar-refractivity contribution in [2.24, 2.45) is 0 Å². The van der Waals surface area contributed by atoms with Crippen molar-refractivity contribution in [1.29, 1.82) is 0 Å². The maximum Gasteiger partial charge on any atom is 0.0791 e. The maximum atomic E-state index is 9.51. The summed E-state index contributed by atoms with van der Waals surface area (Å²) in [4.78, 5) is 1.98. The van der Waals surface area contributed by atoms with E-state index in [-0.39, 0.29) is 6.10 Å². The van der Waals surface area contributed by atoms with Crippen LogP contribution in [0.3, 0.4) is 0 Å². The van der Waals surface area contributed by atoms with Crippen LogP contribution >= 0.6 is 0 Å². The van der Waals surface area contributed by atoms with Gasteiger partial charge >= 0.3 is 0 Å². The van der Waals surface area contributed by atoms with E-state index < -0.39 is 0 Å². The van der Waals surface area contributed by atoms with Gasteiger partial charge in [0.15, 0.2) is 0 Å². The standard InChI is InChI=1S/C10H22N2O/c1-5-6-9(2)11-7-10(13)8-12(3)4/h5,9-11,13H,1,6-8H2,2-4H3. The van der Waals surface area contributed by atoms with E-state index in [0.29, 0.717) is 19.1 Å². The minimum Gasteiger partial charge on any atom is -0.390 e. The molecular weight excluding hydrogens is 164 g/mol. The van der Waals surface area contributed by atoms with Crippen molar-refractivity contribution < 1.29 is 5.11 Å². The Balaban J connectivity index is 3.45. The lowest BCUT2D eigenvalue weighted by molar-refractivity contribution is 0.132. The molecule has 2 N–H and O–H groups in total. The second-order valence-corrected chi connectivity index (χ2v) is 3.75. The molecule has 3 nitrogen and oxygen atoms in total. The zero-order valence-electron chi connectivity index (χ0n) is 8.95. The number of nitrogens with one attached hydrogen (secondary N) is 1. The molecule has 0 heterocycles. The van der Waals surface area contributed by atoms with Gasteiger partial charge in [0.2, 0.25) is 0 Å². The summed E-state index contributed by atoms with van der Waals surface area (Å²) < 4.78 is 0. The van der Waals surface area contributed by atoms with Gasteiger partial charge in [0.1, 0.15) is 0 Å². The molecule has 0 bridgehead atoms. The van der Waals surface area contributed by atoms with Gasteiger partial charge in [-0.1, -0.05) is 6.08 Å². The Kier molecular flexibility index (Phi) is 6.86. The predicted octanol–water partition coefficient (Wildman–Crippen LogP) is 0.463. The fourth-order valence-corrected chi connectivity index (χ4v) is 1.16. The van der Waals surface area contributed by atoms with Crippen LogP contribution < -0.4 is 5.32 Å². The number of rotatable bonds is 7. The van der Waals surface area contributed by atoms with E-state index >= 15 is 0 Å². The van der Waals surface area contributed by atoms with Gasteiger partial charge in [0.25, 0.3) is 0 Å². The smallest absolute Gasteiger partial charge is 0.0791 e. The summed E-state index contributed by atoms with van der Waals surface area (Å²) in [6, 6.07) is 0.398. The van der Waals surface area contributed by atoms with Gasteiger partial charge < -0.3 is 15.3 Å². The highest BCUT2D eigenvalue weighted by atomic mass is 16.3. The summed E-state index contributed by atoms with van der Waals surface area (Å²) in [5, 5.41) is 12.7. The fraction of sp³-hybridized carbons (Fsp3) is 0.800. The molecule has 78 valence electrons. The molecule has 3 heteroatoms. The normalized spacial score (nSPS) is 15.8. The molecule has 0 spiro atoms. The number of nitrogens with zero attached hydrogens (tertiary/aromatic N) is 1. The van der Waals surface area contributed by atoms with E-state index in [1.165, 1.54) is 0 Å². The Hall–Kier alpha value is -0.380. The molecule has 0 saturated heterocycles. The molecule has 0 aliphatic heterocycles. The van der Waals surface area contributed by atoms with Crippen LogP contribution in [0.15, 0.2) is 12.7 Å². The lowest BCUT2D eigenvalue weighted by atomic mass is 10.2. The molecular formula is C10H22N2O. The number of aliphatic hydroxyl groups excluding tert-OH is 1. The fourth-order valence-electron chi connectivity index (χ4n) is 1.16. The first-order valence-electron chi connectivity index (χ1n) is 4.73. The maximum absolute atomic E-state index is 9.51. The molecule has 0 radical (unpaired) electrons. The first-order valence-corrected chi connectivity index (χ1v) is 4.73. The Morgan fingerprint density at radius 2 is 2.15 bits per heavy atom. The first-order chi connectivity index (χ1) is 6.06. The molecule has 0 aliphatic rings. The highest BCUT2D eigenvalue weighted by Gasteiger charge is 2.06. The van der Waals surface area contributed by atoms with Crippen LogP contribution in [0.2, 0.25) is 0 Å². The van der Waals surface area contributed by atoms with E-state index in [4.69, 9.17) is 0 Å². The van der Waals surface area contributed by atoms with Crippen molar-refractivity contribution >= 4 is 0 Å². The lowest BCUT2D eigenvalue weighted by Gasteiger charge is -2.18. The van der Waals surface area contributed by atoms with Crippen LogP contribution in [-0.2, 0) is 0 Å². The van der Waals surface area contributed by atoms with Gasteiger partial charge in [-0.05, 0) is 27.4 Å². The Bertz CT molecular complexity index is 137. The summed E-state index contributed by atoms with van der Waals surface area (Å²) in [7, 11) is 3.91. The lowest BCUT2D eigenvalue weighted by Crippen LogP contribution is -2.38. The largest absolute Gasteiger partial charge is 0.390 e. The second kappa shape index (κ2) is 7.06. The molecule has 0 rings (SSSR count). The zero-order chi connectivity index (χ0) is 10.3. The SMILES string of the molecule is C=CCC(C)NCC(O)CN(C)C. The molecule has 0 saturated carbocycles. The molecule has 2 unspecified atom stereocenters. The minimum atomic E-state index is -0.290. The Morgan fingerprint density at radius 3 is 2.62 bits per heavy atom. The van der Waals surface area contributed by atoms with Gasteiger partial charge in [0.05, 0.1) is 6.10 Å². The highest BCUT2D eigenvalue weighted by Crippen LogP contribution is 1.91. The van der Waals surface area contributed by atoms with Crippen molar-refractivity contribution in [3.63, 3.8) is 0 Å². The average Bonchev–Trinajstić information content (AvgIpc) is 2.00. The number of hydrogen-bond acceptors (Lipinski definition) is 3. The monoisotopic (exact) mass is 186 g/mol. The van der Waals surface area contributed by atoms with Crippen molar-refractivity contribution in [2.45, 2.75) is 25.5 Å². The molecule has 2 atom stereocenters. The Labute approximate surface area is 81.4 Å². The topological polar surface area (TPSA) is 35.5 Å². The van der Waals surface area contributed by atoms with Gasteiger partial charge in [-0.25, -0.2) is 0 Å². The van der Waals surface area contributed by atoms with Crippen molar-refractivity contribution in [3.8, 4) is 0 Å². The average molecular weight is 186 g/mol. The van der Waals surface area contributed by atoms with E-state index in [1.54, 1.807) is 0 Å². The van der Waals surface area contributed by atoms with Crippen molar-refractivity contribution in [3.05, 3.63) is 12.7 Å². The van der Waals surface area contributed by atoms with Crippen LogP contribution in [-0.4, -0.2) is 49.3 Å². The van der Waals surface area contributed by atoms with Crippen molar-refractivity contribution in [2.75, 3.05) is 27.2 Å². The summed E-state index contributed by atoms with van der Waals surface area (Å²) >= 11 is 0. The van der Waals surface area contributed by atoms with Crippen LogP contribution in [0.1, 0.15) is 13.3 Å². The molecule has 0 fully saturated rings. The quantitative estimate of drug-likeness (QED) is 0.567. The second-order valence-electron chi connectivity index (χ2n) is 3.75. The molecule has 0 aromatic heterocycles. The van der Waals surface area contributed by atoms with E-state index in [1.807, 2.05) is 25.1 Å². The van der Waals surface area contributed by atoms with E-state index in [0.717, 1.165) is 6.42 Å². The molecule has 0 aromatic rings. The number of hydrogen-bond donors (Lipinski definition) is 2. The van der Waals surface area contributed by atoms with Gasteiger partial charge in [-0.3, -0.25) is 0 Å². The van der Waals surface area contributed by atoms with Crippen LogP contribution in [0, 0.1) is 0 Å². The summed E-state index contributed by atoms with van der Waals surface area (Å²) in [5.41, 5.74) is 0. The zero-order valence-corrected chi connectivity index (χ0v) is 8.95. The van der Waals surface area contributed by atoms with Gasteiger partial charge in [-0.15, -0.1) is 6.58 Å². The third kappa shape index (κ3) is 7.96. The number of aliphatic hydroxyl groups is 1. The van der Waals surface area contributed by atoms with E-state index in [2.05, 4.69) is 18.8 Å². The molecule has 13 heavy (non-hydrogen) atoms. The summed E-state index contributed by atoms with van der Waals surface area (Å²) in [6.07, 6.45) is 2.53. The van der Waals surface area contributed by atoms with Crippen molar-refractivity contribution in [1.82, 2.24) is 10.2 Å². The third-order valence-electron chi connectivity index (χ3n) is 1.80. The predicted molar refractivity (Wildman–Crippen MR) is 56.8 cm³/mol. The molecule has 0 aliphatic carbocycles. The van der Waals surface area contributed by atoms with Crippen LogP contribution in [0.5, 0.6) is 0 Å². The number of likely N-dealkylation sites (N-methyl/N-ethyl adjacent to an activating group) is 1. The van der Waals surface area contributed by atoms with Crippen LogP contribution in [0.25, 0.3) is 0 Å². The van der Waals surface area contributed by atoms with Gasteiger partial charge in [-0.2, -0.15) is 0 Å². The minimum absolute atomic E-state index is 0.290. The summed E-state index contributed by atoms with van der Waals surface area (Å²) in [6.45, 7) is 7.10. The molecule has 0 aromatic carbocycles. The Morgan fingerprint density at radius 1 is 1.54 bits per heavy atom. The molecule has 0 amide bonds. The van der Waals surface area contributed by atoms with E-state index in [9.17, 15) is 5.11 Å². The highest BCUT2D eigenvalue weighted by molar-refractivity contribution is 4.75. The van der Waals surface area contributed by atoms with Crippen LogP contribution in [0.4, 0.5) is 0 Å². The van der Waals surface area contributed by atoms with Gasteiger partial charge in [0, 0.05) is 19.1 Å². The summed E-state index contributed by atoms with van der Waals surface area (Å²) in [5.74, 6) is 0. The third-order valence-corrected chi connectivity index (χ3v) is 1.80.